The van der Waals surface area contributed by atoms with Crippen LogP contribution in [0.15, 0.2) is 24.3 Å². The van der Waals surface area contributed by atoms with Gasteiger partial charge in [-0.1, -0.05) is 19.8 Å². The molecule has 1 N–H and O–H groups in total. The molecule has 0 aliphatic carbocycles. The quantitative estimate of drug-likeness (QED) is 0.749. The van der Waals surface area contributed by atoms with Crippen molar-refractivity contribution in [2.24, 2.45) is 5.92 Å². The van der Waals surface area contributed by atoms with E-state index in [1.165, 1.54) is 0 Å². The minimum atomic E-state index is -0.254. The number of likely N-dealkylation sites (tertiary alicyclic amines) is 1. The third kappa shape index (κ3) is 4.98. The molecule has 1 atom stereocenters. The van der Waals surface area contributed by atoms with Gasteiger partial charge in [0, 0.05) is 25.2 Å². The van der Waals surface area contributed by atoms with Crippen LogP contribution in [0, 0.1) is 5.92 Å². The first kappa shape index (κ1) is 17.3. The maximum absolute atomic E-state index is 12.3. The van der Waals surface area contributed by atoms with Gasteiger partial charge in [-0.25, -0.2) is 0 Å². The fourth-order valence-electron chi connectivity index (χ4n) is 2.76. The molecule has 1 heterocycles. The van der Waals surface area contributed by atoms with Gasteiger partial charge in [0.1, 0.15) is 5.75 Å². The Morgan fingerprint density at radius 2 is 2.00 bits per heavy atom. The zero-order valence-corrected chi connectivity index (χ0v) is 14.0. The number of nitrogens with one attached hydrogen (secondary N) is 1. The zero-order valence-electron chi connectivity index (χ0n) is 14.0. The Balaban J connectivity index is 1.85. The number of amides is 2. The molecular formula is C18H26N2O3. The Morgan fingerprint density at radius 1 is 1.26 bits per heavy atom. The van der Waals surface area contributed by atoms with Crippen molar-refractivity contribution in [2.75, 3.05) is 25.0 Å². The van der Waals surface area contributed by atoms with Crippen LogP contribution in [-0.2, 0) is 9.59 Å². The normalized spacial score (nSPS) is 17.4. The molecule has 1 unspecified atom stereocenters. The summed E-state index contributed by atoms with van der Waals surface area (Å²) in [6.07, 6.45) is 3.57. The Bertz CT molecular complexity index is 528. The predicted molar refractivity (Wildman–Crippen MR) is 90.5 cm³/mol. The molecule has 0 bridgehead atoms. The standard InChI is InChI=1S/C18H26N2O3/c1-3-5-6-11-20-13-14(12-17(20)21)18(22)19-15-7-9-16(10-8-15)23-4-2/h7-10,14H,3-6,11-13H2,1-2H3,(H,19,22). The predicted octanol–water partition coefficient (Wildman–Crippen LogP) is 3.06. The molecule has 1 saturated heterocycles. The van der Waals surface area contributed by atoms with Crippen LogP contribution in [0.2, 0.25) is 0 Å². The van der Waals surface area contributed by atoms with Crippen molar-refractivity contribution in [3.63, 3.8) is 0 Å². The lowest BCUT2D eigenvalue weighted by Crippen LogP contribution is -2.29. The molecule has 5 nitrogen and oxygen atoms in total. The number of unbranched alkanes of at least 4 members (excludes halogenated alkanes) is 2. The van der Waals surface area contributed by atoms with E-state index in [1.807, 2.05) is 36.1 Å². The highest BCUT2D eigenvalue weighted by molar-refractivity contribution is 5.97. The van der Waals surface area contributed by atoms with Crippen molar-refractivity contribution in [2.45, 2.75) is 39.5 Å². The van der Waals surface area contributed by atoms with Crippen molar-refractivity contribution in [1.29, 1.82) is 0 Å². The molecule has 0 saturated carbocycles. The summed E-state index contributed by atoms with van der Waals surface area (Å²) in [6, 6.07) is 7.29. The van der Waals surface area contributed by atoms with E-state index in [4.69, 9.17) is 4.74 Å². The Hall–Kier alpha value is -2.04. The second-order valence-electron chi connectivity index (χ2n) is 5.89. The van der Waals surface area contributed by atoms with Gasteiger partial charge in [-0.15, -0.1) is 0 Å². The van der Waals surface area contributed by atoms with Gasteiger partial charge in [-0.05, 0) is 37.6 Å². The van der Waals surface area contributed by atoms with Gasteiger partial charge >= 0.3 is 0 Å². The highest BCUT2D eigenvalue weighted by Gasteiger charge is 2.33. The summed E-state index contributed by atoms with van der Waals surface area (Å²) in [5.74, 6) is 0.535. The maximum Gasteiger partial charge on any atom is 0.229 e. The number of nitrogens with zero attached hydrogens (tertiary/aromatic N) is 1. The fraction of sp³-hybridized carbons (Fsp3) is 0.556. The first-order valence-electron chi connectivity index (χ1n) is 8.45. The van der Waals surface area contributed by atoms with E-state index in [9.17, 15) is 9.59 Å². The summed E-state index contributed by atoms with van der Waals surface area (Å²) in [4.78, 5) is 26.1. The van der Waals surface area contributed by atoms with E-state index in [0.717, 1.165) is 37.2 Å². The van der Waals surface area contributed by atoms with Gasteiger partial charge in [0.25, 0.3) is 0 Å². The first-order valence-corrected chi connectivity index (χ1v) is 8.45. The van der Waals surface area contributed by atoms with E-state index in [-0.39, 0.29) is 17.7 Å². The molecule has 23 heavy (non-hydrogen) atoms. The molecule has 1 aromatic rings. The van der Waals surface area contributed by atoms with Gasteiger partial charge in [-0.3, -0.25) is 9.59 Å². The Morgan fingerprint density at radius 3 is 2.65 bits per heavy atom. The van der Waals surface area contributed by atoms with Crippen molar-refractivity contribution in [3.05, 3.63) is 24.3 Å². The number of benzene rings is 1. The number of rotatable bonds is 8. The first-order chi connectivity index (χ1) is 11.1. The minimum absolute atomic E-state index is 0.0829. The molecule has 5 heteroatoms. The van der Waals surface area contributed by atoms with Crippen molar-refractivity contribution < 1.29 is 14.3 Å². The molecule has 0 aromatic heterocycles. The highest BCUT2D eigenvalue weighted by Crippen LogP contribution is 2.21. The van der Waals surface area contributed by atoms with Crippen molar-refractivity contribution in [1.82, 2.24) is 4.90 Å². The average molecular weight is 318 g/mol. The third-order valence-corrected chi connectivity index (χ3v) is 4.05. The van der Waals surface area contributed by atoms with Crippen LogP contribution < -0.4 is 10.1 Å². The second kappa shape index (κ2) is 8.56. The summed E-state index contributed by atoms with van der Waals surface area (Å²) in [5, 5.41) is 2.89. The fourth-order valence-corrected chi connectivity index (χ4v) is 2.76. The van der Waals surface area contributed by atoms with E-state index >= 15 is 0 Å². The second-order valence-corrected chi connectivity index (χ2v) is 5.89. The largest absolute Gasteiger partial charge is 0.494 e. The lowest BCUT2D eigenvalue weighted by Gasteiger charge is -2.16. The summed E-state index contributed by atoms with van der Waals surface area (Å²) < 4.78 is 5.38. The highest BCUT2D eigenvalue weighted by atomic mass is 16.5. The van der Waals surface area contributed by atoms with Crippen LogP contribution in [0.25, 0.3) is 0 Å². The smallest absolute Gasteiger partial charge is 0.229 e. The van der Waals surface area contributed by atoms with Gasteiger partial charge in [0.05, 0.1) is 12.5 Å². The van der Waals surface area contributed by atoms with Crippen LogP contribution >= 0.6 is 0 Å². The van der Waals surface area contributed by atoms with Gasteiger partial charge in [0.2, 0.25) is 11.8 Å². The van der Waals surface area contributed by atoms with Crippen LogP contribution in [0.4, 0.5) is 5.69 Å². The third-order valence-electron chi connectivity index (χ3n) is 4.05. The molecule has 1 fully saturated rings. The van der Waals surface area contributed by atoms with Crippen LogP contribution in [0.3, 0.4) is 0 Å². The number of hydrogen-bond acceptors (Lipinski definition) is 3. The zero-order chi connectivity index (χ0) is 16.7. The SMILES string of the molecule is CCCCCN1CC(C(=O)Nc2ccc(OCC)cc2)CC1=O. The maximum atomic E-state index is 12.3. The summed E-state index contributed by atoms with van der Waals surface area (Å²) in [5.41, 5.74) is 0.732. The van der Waals surface area contributed by atoms with Crippen molar-refractivity contribution >= 4 is 17.5 Å². The molecule has 2 rings (SSSR count). The monoisotopic (exact) mass is 318 g/mol. The Labute approximate surface area is 138 Å². The molecule has 0 radical (unpaired) electrons. The lowest BCUT2D eigenvalue weighted by molar-refractivity contribution is -0.128. The molecule has 0 spiro atoms. The number of anilines is 1. The van der Waals surface area contributed by atoms with E-state index in [2.05, 4.69) is 12.2 Å². The van der Waals surface area contributed by atoms with Crippen LogP contribution in [-0.4, -0.2) is 36.4 Å². The topological polar surface area (TPSA) is 58.6 Å². The number of hydrogen-bond donors (Lipinski definition) is 1. The molecule has 1 aliphatic heterocycles. The van der Waals surface area contributed by atoms with Crippen LogP contribution in [0.1, 0.15) is 39.5 Å². The van der Waals surface area contributed by atoms with Gasteiger partial charge in [-0.2, -0.15) is 0 Å². The minimum Gasteiger partial charge on any atom is -0.494 e. The molecule has 2 amide bonds. The number of carbonyl (C=O) groups excluding carboxylic acids is 2. The van der Waals surface area contributed by atoms with E-state index in [0.29, 0.717) is 19.6 Å². The summed E-state index contributed by atoms with van der Waals surface area (Å²) >= 11 is 0. The lowest BCUT2D eigenvalue weighted by atomic mass is 10.1. The van der Waals surface area contributed by atoms with Crippen molar-refractivity contribution in [3.8, 4) is 5.75 Å². The summed E-state index contributed by atoms with van der Waals surface area (Å²) in [7, 11) is 0. The summed E-state index contributed by atoms with van der Waals surface area (Å²) in [6.45, 7) is 5.98. The van der Waals surface area contributed by atoms with Gasteiger partial charge < -0.3 is 15.0 Å². The van der Waals surface area contributed by atoms with Crippen LogP contribution in [0.5, 0.6) is 5.75 Å². The number of carbonyl (C=O) groups is 2. The number of ether oxygens (including phenoxy) is 1. The molecular weight excluding hydrogens is 292 g/mol. The van der Waals surface area contributed by atoms with E-state index < -0.39 is 0 Å². The molecule has 1 aliphatic rings. The Kier molecular flexibility index (Phi) is 6.44. The average Bonchev–Trinajstić information content (AvgIpc) is 2.91. The molecule has 126 valence electrons. The molecule has 1 aromatic carbocycles. The van der Waals surface area contributed by atoms with E-state index in [1.54, 1.807) is 0 Å². The van der Waals surface area contributed by atoms with Gasteiger partial charge in [0.15, 0.2) is 0 Å².